The molecule has 0 saturated carbocycles. The Kier molecular flexibility index (Phi) is 4.37. The smallest absolute Gasteiger partial charge is 0.258 e. The lowest BCUT2D eigenvalue weighted by molar-refractivity contribution is 0.412. The molecule has 0 spiro atoms. The number of aryl methyl sites for hydroxylation is 1. The van der Waals surface area contributed by atoms with Gasteiger partial charge in [-0.1, -0.05) is 0 Å². The second kappa shape index (κ2) is 5.92. The molecule has 1 heterocycles. The molecule has 0 aliphatic carbocycles. The van der Waals surface area contributed by atoms with Gasteiger partial charge in [-0.3, -0.25) is 4.79 Å². The Bertz CT molecular complexity index is 872. The number of rotatable bonds is 4. The van der Waals surface area contributed by atoms with Crippen LogP contribution < -0.4 is 10.3 Å². The summed E-state index contributed by atoms with van der Waals surface area (Å²) in [6.45, 7) is 0. The molecule has 22 heavy (non-hydrogen) atoms. The highest BCUT2D eigenvalue weighted by Gasteiger charge is 2.17. The van der Waals surface area contributed by atoms with Crippen LogP contribution in [0.2, 0.25) is 0 Å². The molecule has 1 aromatic heterocycles. The number of nitrogens with zero attached hydrogens (tertiary/aromatic N) is 1. The third kappa shape index (κ3) is 3.36. The summed E-state index contributed by atoms with van der Waals surface area (Å²) in [5.41, 5.74) is 0.405. The van der Waals surface area contributed by atoms with Crippen LogP contribution in [0.15, 0.2) is 35.3 Å². The maximum atomic E-state index is 14.0. The van der Waals surface area contributed by atoms with Crippen LogP contribution in [-0.4, -0.2) is 26.4 Å². The van der Waals surface area contributed by atoms with E-state index in [0.717, 1.165) is 12.3 Å². The zero-order chi connectivity index (χ0) is 16.5. The number of methoxy groups -OCH3 is 1. The minimum Gasteiger partial charge on any atom is -0.496 e. The van der Waals surface area contributed by atoms with Crippen molar-refractivity contribution in [2.75, 3.05) is 13.4 Å². The molecular weight excluding hydrogens is 309 g/mol. The average Bonchev–Trinajstić information content (AvgIpc) is 2.42. The summed E-state index contributed by atoms with van der Waals surface area (Å²) in [6, 6.07) is 5.71. The summed E-state index contributed by atoms with van der Waals surface area (Å²) in [4.78, 5) is 12.2. The van der Waals surface area contributed by atoms with E-state index in [1.165, 1.54) is 17.7 Å². The van der Waals surface area contributed by atoms with Crippen molar-refractivity contribution < 1.29 is 17.5 Å². The van der Waals surface area contributed by atoms with Gasteiger partial charge >= 0.3 is 0 Å². The van der Waals surface area contributed by atoms with E-state index in [9.17, 15) is 17.6 Å². The van der Waals surface area contributed by atoms with Crippen LogP contribution in [0.5, 0.6) is 5.75 Å². The molecule has 1 aromatic carbocycles. The first-order valence-corrected chi connectivity index (χ1v) is 8.49. The summed E-state index contributed by atoms with van der Waals surface area (Å²) < 4.78 is 43.3. The highest BCUT2D eigenvalue weighted by molar-refractivity contribution is 7.89. The van der Waals surface area contributed by atoms with Crippen molar-refractivity contribution in [2.45, 2.75) is 5.75 Å². The molecule has 118 valence electrons. The number of sulfone groups is 1. The third-order valence-corrected chi connectivity index (χ3v) is 4.04. The lowest BCUT2D eigenvalue weighted by Gasteiger charge is -2.12. The topological polar surface area (TPSA) is 65.4 Å². The standard InChI is InChI=1S/C15H16FNO4S/c1-17-6-4-5-11(15(17)18)12-7-10(9-22(3,19)20)13(16)8-14(12)21-2/h4-8H,9H2,1-3H3. The van der Waals surface area contributed by atoms with Gasteiger partial charge in [-0.25, -0.2) is 12.8 Å². The maximum absolute atomic E-state index is 14.0. The van der Waals surface area contributed by atoms with Crippen molar-refractivity contribution in [1.82, 2.24) is 4.57 Å². The van der Waals surface area contributed by atoms with E-state index in [1.54, 1.807) is 25.4 Å². The van der Waals surface area contributed by atoms with Crippen molar-refractivity contribution >= 4 is 9.84 Å². The van der Waals surface area contributed by atoms with Crippen molar-refractivity contribution in [1.29, 1.82) is 0 Å². The molecule has 0 aliphatic heterocycles. The molecule has 7 heteroatoms. The molecule has 0 bridgehead atoms. The largest absolute Gasteiger partial charge is 0.496 e. The molecular formula is C15H16FNO4S. The Morgan fingerprint density at radius 2 is 1.95 bits per heavy atom. The monoisotopic (exact) mass is 325 g/mol. The molecule has 2 rings (SSSR count). The Morgan fingerprint density at radius 1 is 1.27 bits per heavy atom. The predicted octanol–water partition coefficient (Wildman–Crippen LogP) is 1.74. The Labute approximate surface area is 127 Å². The molecule has 5 nitrogen and oxygen atoms in total. The summed E-state index contributed by atoms with van der Waals surface area (Å²) in [7, 11) is -0.441. The summed E-state index contributed by atoms with van der Waals surface area (Å²) >= 11 is 0. The van der Waals surface area contributed by atoms with Crippen LogP contribution in [-0.2, 0) is 22.6 Å². The first-order valence-electron chi connectivity index (χ1n) is 6.43. The summed E-state index contributed by atoms with van der Waals surface area (Å²) in [5, 5.41) is 0. The van der Waals surface area contributed by atoms with Gasteiger partial charge in [0, 0.05) is 36.7 Å². The minimum absolute atomic E-state index is 0.00389. The molecule has 0 radical (unpaired) electrons. The second-order valence-electron chi connectivity index (χ2n) is 5.05. The number of hydrogen-bond acceptors (Lipinski definition) is 4. The molecule has 0 N–H and O–H groups in total. The van der Waals surface area contributed by atoms with E-state index in [-0.39, 0.29) is 16.9 Å². The summed E-state index contributed by atoms with van der Waals surface area (Å²) in [6.07, 6.45) is 2.62. The lowest BCUT2D eigenvalue weighted by Crippen LogP contribution is -2.17. The SMILES string of the molecule is COc1cc(F)c(CS(C)(=O)=O)cc1-c1cccn(C)c1=O. The highest BCUT2D eigenvalue weighted by Crippen LogP contribution is 2.31. The predicted molar refractivity (Wildman–Crippen MR) is 82.2 cm³/mol. The normalized spacial score (nSPS) is 11.5. The van der Waals surface area contributed by atoms with Crippen molar-refractivity contribution in [3.05, 3.63) is 52.2 Å². The van der Waals surface area contributed by atoms with Gasteiger partial charge in [-0.2, -0.15) is 0 Å². The van der Waals surface area contributed by atoms with Gasteiger partial charge in [0.05, 0.1) is 18.4 Å². The fourth-order valence-electron chi connectivity index (χ4n) is 2.17. The molecule has 0 saturated heterocycles. The van der Waals surface area contributed by atoms with E-state index < -0.39 is 21.4 Å². The fourth-order valence-corrected chi connectivity index (χ4v) is 2.96. The Hall–Kier alpha value is -2.15. The van der Waals surface area contributed by atoms with Crippen LogP contribution in [0.3, 0.4) is 0 Å². The van der Waals surface area contributed by atoms with Crippen LogP contribution in [0, 0.1) is 5.82 Å². The first kappa shape index (κ1) is 16.2. The Morgan fingerprint density at radius 3 is 2.55 bits per heavy atom. The van der Waals surface area contributed by atoms with Gasteiger partial charge in [-0.05, 0) is 18.2 Å². The van der Waals surface area contributed by atoms with Gasteiger partial charge < -0.3 is 9.30 Å². The van der Waals surface area contributed by atoms with E-state index in [1.807, 2.05) is 0 Å². The van der Waals surface area contributed by atoms with Crippen LogP contribution in [0.25, 0.3) is 11.1 Å². The minimum atomic E-state index is -3.40. The third-order valence-electron chi connectivity index (χ3n) is 3.20. The van der Waals surface area contributed by atoms with Crippen molar-refractivity contribution in [3.8, 4) is 16.9 Å². The number of aromatic nitrogens is 1. The maximum Gasteiger partial charge on any atom is 0.258 e. The number of benzene rings is 1. The first-order chi connectivity index (χ1) is 10.2. The van der Waals surface area contributed by atoms with E-state index in [4.69, 9.17) is 4.74 Å². The molecule has 0 aliphatic rings. The van der Waals surface area contributed by atoms with Crippen LogP contribution in [0.1, 0.15) is 5.56 Å². The zero-order valence-electron chi connectivity index (χ0n) is 12.5. The average molecular weight is 325 g/mol. The quantitative estimate of drug-likeness (QED) is 0.859. The van der Waals surface area contributed by atoms with Gasteiger partial charge in [0.1, 0.15) is 11.6 Å². The van der Waals surface area contributed by atoms with Crippen LogP contribution >= 0.6 is 0 Å². The molecule has 0 atom stereocenters. The Balaban J connectivity index is 2.71. The van der Waals surface area contributed by atoms with Gasteiger partial charge in [0.15, 0.2) is 9.84 Å². The van der Waals surface area contributed by atoms with Gasteiger partial charge in [0.2, 0.25) is 0 Å². The highest BCUT2D eigenvalue weighted by atomic mass is 32.2. The molecule has 2 aromatic rings. The molecule has 0 unspecified atom stereocenters. The van der Waals surface area contributed by atoms with Crippen LogP contribution in [0.4, 0.5) is 4.39 Å². The molecule has 0 fully saturated rings. The lowest BCUT2D eigenvalue weighted by atomic mass is 10.0. The second-order valence-corrected chi connectivity index (χ2v) is 7.19. The van der Waals surface area contributed by atoms with Gasteiger partial charge in [0.25, 0.3) is 5.56 Å². The number of halogens is 1. The fraction of sp³-hybridized carbons (Fsp3) is 0.267. The number of ether oxygens (including phenoxy) is 1. The zero-order valence-corrected chi connectivity index (χ0v) is 13.3. The number of hydrogen-bond donors (Lipinski definition) is 0. The van der Waals surface area contributed by atoms with Gasteiger partial charge in [-0.15, -0.1) is 0 Å². The van der Waals surface area contributed by atoms with E-state index in [0.29, 0.717) is 11.1 Å². The number of pyridine rings is 1. The van der Waals surface area contributed by atoms with Crippen molar-refractivity contribution in [2.24, 2.45) is 7.05 Å². The molecule has 0 amide bonds. The van der Waals surface area contributed by atoms with Crippen molar-refractivity contribution in [3.63, 3.8) is 0 Å². The summed E-state index contributed by atoms with van der Waals surface area (Å²) in [5.74, 6) is -0.944. The van der Waals surface area contributed by atoms with E-state index >= 15 is 0 Å². The van der Waals surface area contributed by atoms with E-state index in [2.05, 4.69) is 0 Å².